The van der Waals surface area contributed by atoms with Gasteiger partial charge >= 0.3 is 0 Å². The van der Waals surface area contributed by atoms with E-state index in [0.717, 1.165) is 16.8 Å². The molecule has 3 aromatic rings. The van der Waals surface area contributed by atoms with Crippen LogP contribution in [0.2, 0.25) is 0 Å². The summed E-state index contributed by atoms with van der Waals surface area (Å²) in [5, 5.41) is 8.73. The van der Waals surface area contributed by atoms with Crippen LogP contribution in [-0.2, 0) is 13.6 Å². The Morgan fingerprint density at radius 1 is 1.43 bits per heavy atom. The van der Waals surface area contributed by atoms with Gasteiger partial charge in [0, 0.05) is 36.9 Å². The second-order valence-electron chi connectivity index (χ2n) is 4.47. The third-order valence-electron chi connectivity index (χ3n) is 2.97. The minimum Gasteiger partial charge on any atom is -0.347 e. The third-order valence-corrected chi connectivity index (χ3v) is 3.56. The number of pyridine rings is 1. The molecule has 3 aromatic heterocycles. The molecule has 0 radical (unpaired) electrons. The van der Waals surface area contributed by atoms with Crippen LogP contribution in [-0.4, -0.2) is 25.7 Å². The molecule has 0 aromatic carbocycles. The van der Waals surface area contributed by atoms with Crippen LogP contribution < -0.4 is 5.32 Å². The number of amides is 1. The molecule has 0 atom stereocenters. The van der Waals surface area contributed by atoms with Gasteiger partial charge in [0.2, 0.25) is 0 Å². The summed E-state index contributed by atoms with van der Waals surface area (Å²) in [6, 6.07) is 3.79. The minimum atomic E-state index is -0.183. The third kappa shape index (κ3) is 2.97. The molecule has 0 saturated heterocycles. The SMILES string of the molecule is Cn1cc(-c2ncccc2CNC(=O)c2cscn2)cn1. The number of thiazole rings is 1. The van der Waals surface area contributed by atoms with Crippen molar-refractivity contribution in [1.82, 2.24) is 25.1 Å². The van der Waals surface area contributed by atoms with Gasteiger partial charge in [-0.3, -0.25) is 14.5 Å². The highest BCUT2D eigenvalue weighted by Crippen LogP contribution is 2.20. The molecule has 7 heteroatoms. The summed E-state index contributed by atoms with van der Waals surface area (Å²) in [4.78, 5) is 20.3. The van der Waals surface area contributed by atoms with E-state index in [-0.39, 0.29) is 5.91 Å². The summed E-state index contributed by atoms with van der Waals surface area (Å²) in [5.74, 6) is -0.183. The fourth-order valence-electron chi connectivity index (χ4n) is 1.98. The van der Waals surface area contributed by atoms with E-state index < -0.39 is 0 Å². The zero-order valence-electron chi connectivity index (χ0n) is 11.4. The summed E-state index contributed by atoms with van der Waals surface area (Å²) in [7, 11) is 1.86. The second kappa shape index (κ2) is 5.84. The monoisotopic (exact) mass is 299 g/mol. The van der Waals surface area contributed by atoms with Crippen LogP contribution in [0.3, 0.4) is 0 Å². The summed E-state index contributed by atoms with van der Waals surface area (Å²) >= 11 is 1.40. The number of nitrogens with one attached hydrogen (secondary N) is 1. The Bertz CT molecular complexity index is 750. The van der Waals surface area contributed by atoms with E-state index in [9.17, 15) is 4.79 Å². The molecule has 21 heavy (non-hydrogen) atoms. The maximum Gasteiger partial charge on any atom is 0.271 e. The van der Waals surface area contributed by atoms with Gasteiger partial charge in [-0.1, -0.05) is 6.07 Å². The van der Waals surface area contributed by atoms with Gasteiger partial charge in [0.05, 0.1) is 17.4 Å². The van der Waals surface area contributed by atoms with Crippen molar-refractivity contribution in [3.63, 3.8) is 0 Å². The van der Waals surface area contributed by atoms with Gasteiger partial charge in [-0.2, -0.15) is 5.10 Å². The van der Waals surface area contributed by atoms with Crippen LogP contribution in [0.1, 0.15) is 16.1 Å². The number of aryl methyl sites for hydroxylation is 1. The van der Waals surface area contributed by atoms with E-state index in [0.29, 0.717) is 12.2 Å². The molecule has 0 spiro atoms. The lowest BCUT2D eigenvalue weighted by molar-refractivity contribution is 0.0946. The van der Waals surface area contributed by atoms with Crippen molar-refractivity contribution in [3.8, 4) is 11.3 Å². The van der Waals surface area contributed by atoms with Crippen LogP contribution in [0.25, 0.3) is 11.3 Å². The molecule has 0 fully saturated rings. The molecule has 0 unspecified atom stereocenters. The van der Waals surface area contributed by atoms with Crippen molar-refractivity contribution in [2.75, 3.05) is 0 Å². The Morgan fingerprint density at radius 2 is 2.33 bits per heavy atom. The van der Waals surface area contributed by atoms with E-state index >= 15 is 0 Å². The van der Waals surface area contributed by atoms with Crippen LogP contribution in [0.4, 0.5) is 0 Å². The largest absolute Gasteiger partial charge is 0.347 e. The van der Waals surface area contributed by atoms with Gasteiger partial charge in [-0.15, -0.1) is 11.3 Å². The van der Waals surface area contributed by atoms with E-state index in [1.165, 1.54) is 11.3 Å². The van der Waals surface area contributed by atoms with Gasteiger partial charge in [-0.25, -0.2) is 4.98 Å². The first-order valence-corrected chi connectivity index (χ1v) is 7.27. The molecule has 0 bridgehead atoms. The predicted molar refractivity (Wildman–Crippen MR) is 79.7 cm³/mol. The van der Waals surface area contributed by atoms with Crippen molar-refractivity contribution in [2.24, 2.45) is 7.05 Å². The Kier molecular flexibility index (Phi) is 3.74. The van der Waals surface area contributed by atoms with Gasteiger partial charge < -0.3 is 5.32 Å². The molecule has 0 saturated carbocycles. The number of hydrogen-bond donors (Lipinski definition) is 1. The van der Waals surface area contributed by atoms with Crippen molar-refractivity contribution >= 4 is 17.2 Å². The van der Waals surface area contributed by atoms with Crippen molar-refractivity contribution in [1.29, 1.82) is 0 Å². The van der Waals surface area contributed by atoms with Crippen LogP contribution in [0.15, 0.2) is 41.6 Å². The second-order valence-corrected chi connectivity index (χ2v) is 5.19. The summed E-state index contributed by atoms with van der Waals surface area (Å²) in [6.07, 6.45) is 5.39. The molecular weight excluding hydrogens is 286 g/mol. The smallest absolute Gasteiger partial charge is 0.271 e. The fourth-order valence-corrected chi connectivity index (χ4v) is 2.51. The van der Waals surface area contributed by atoms with E-state index in [1.54, 1.807) is 28.0 Å². The average molecular weight is 299 g/mol. The zero-order chi connectivity index (χ0) is 14.7. The van der Waals surface area contributed by atoms with Crippen molar-refractivity contribution in [3.05, 3.63) is 52.9 Å². The fraction of sp³-hybridized carbons (Fsp3) is 0.143. The highest BCUT2D eigenvalue weighted by Gasteiger charge is 2.11. The maximum absolute atomic E-state index is 11.9. The van der Waals surface area contributed by atoms with Gasteiger partial charge in [0.25, 0.3) is 5.91 Å². The highest BCUT2D eigenvalue weighted by molar-refractivity contribution is 7.07. The molecule has 1 amide bonds. The summed E-state index contributed by atoms with van der Waals surface area (Å²) in [6.45, 7) is 0.397. The predicted octanol–water partition coefficient (Wildman–Crippen LogP) is 1.87. The molecule has 0 aliphatic heterocycles. The number of aromatic nitrogens is 4. The van der Waals surface area contributed by atoms with E-state index in [2.05, 4.69) is 20.4 Å². The Morgan fingerprint density at radius 3 is 3.05 bits per heavy atom. The number of hydrogen-bond acceptors (Lipinski definition) is 5. The number of rotatable bonds is 4. The number of nitrogens with zero attached hydrogens (tertiary/aromatic N) is 4. The lowest BCUT2D eigenvalue weighted by Crippen LogP contribution is -2.23. The van der Waals surface area contributed by atoms with Gasteiger partial charge in [-0.05, 0) is 11.6 Å². The quantitative estimate of drug-likeness (QED) is 0.798. The van der Waals surface area contributed by atoms with Crippen LogP contribution in [0.5, 0.6) is 0 Å². The molecule has 0 aliphatic carbocycles. The Balaban J connectivity index is 1.78. The minimum absolute atomic E-state index is 0.183. The standard InChI is InChI=1S/C14H13N5OS/c1-19-7-11(6-18-19)13-10(3-2-4-15-13)5-16-14(20)12-8-21-9-17-12/h2-4,6-9H,5H2,1H3,(H,16,20). The van der Waals surface area contributed by atoms with Crippen molar-refractivity contribution < 1.29 is 4.79 Å². The zero-order valence-corrected chi connectivity index (χ0v) is 12.2. The molecule has 0 aliphatic rings. The lowest BCUT2D eigenvalue weighted by atomic mass is 10.1. The summed E-state index contributed by atoms with van der Waals surface area (Å²) < 4.78 is 1.72. The Labute approximate surface area is 125 Å². The lowest BCUT2D eigenvalue weighted by Gasteiger charge is -2.07. The van der Waals surface area contributed by atoms with Crippen molar-refractivity contribution in [2.45, 2.75) is 6.54 Å². The normalized spacial score (nSPS) is 10.5. The number of carbonyl (C=O) groups excluding carboxylic acids is 1. The molecule has 3 heterocycles. The number of carbonyl (C=O) groups is 1. The van der Waals surface area contributed by atoms with E-state index in [1.807, 2.05) is 25.4 Å². The van der Waals surface area contributed by atoms with Crippen LogP contribution >= 0.6 is 11.3 Å². The molecule has 106 valence electrons. The van der Waals surface area contributed by atoms with E-state index in [4.69, 9.17) is 0 Å². The van der Waals surface area contributed by atoms with Gasteiger partial charge in [0.1, 0.15) is 5.69 Å². The maximum atomic E-state index is 11.9. The molecular formula is C14H13N5OS. The molecule has 6 nitrogen and oxygen atoms in total. The molecule has 3 rings (SSSR count). The summed E-state index contributed by atoms with van der Waals surface area (Å²) in [5.41, 5.74) is 4.76. The van der Waals surface area contributed by atoms with Gasteiger partial charge in [0.15, 0.2) is 0 Å². The molecule has 1 N–H and O–H groups in total. The first-order valence-electron chi connectivity index (χ1n) is 6.33. The average Bonchev–Trinajstić information content (AvgIpc) is 3.16. The Hall–Kier alpha value is -2.54. The first kappa shape index (κ1) is 13.4. The first-order chi connectivity index (χ1) is 10.2. The van der Waals surface area contributed by atoms with Crippen LogP contribution in [0, 0.1) is 0 Å². The highest BCUT2D eigenvalue weighted by atomic mass is 32.1. The topological polar surface area (TPSA) is 72.7 Å².